The molecule has 248 valence electrons. The van der Waals surface area contributed by atoms with Crippen LogP contribution in [0.3, 0.4) is 0 Å². The number of nitrogens with one attached hydrogen (secondary N) is 3. The van der Waals surface area contributed by atoms with Crippen molar-refractivity contribution in [1.29, 1.82) is 0 Å². The molecule has 2 aromatic carbocycles. The average molecular weight is 659 g/mol. The molecule has 4 aromatic rings. The molecule has 5 heterocycles. The molecule has 3 aliphatic heterocycles. The van der Waals surface area contributed by atoms with Crippen molar-refractivity contribution in [1.82, 2.24) is 29.7 Å². The summed E-state index contributed by atoms with van der Waals surface area (Å²) in [5.41, 5.74) is 5.64. The first-order chi connectivity index (χ1) is 22.6. The lowest BCUT2D eigenvalue weighted by atomic mass is 10.00. The van der Waals surface area contributed by atoms with Crippen LogP contribution in [0.1, 0.15) is 30.4 Å². The highest BCUT2D eigenvalue weighted by atomic mass is 32.2. The minimum Gasteiger partial charge on any atom is -0.494 e. The van der Waals surface area contributed by atoms with Crippen LogP contribution in [0, 0.1) is 13.8 Å². The fraction of sp³-hybridized carbons (Fsp3) is 0.455. The fourth-order valence-electron chi connectivity index (χ4n) is 7.37. The molecule has 47 heavy (non-hydrogen) atoms. The minimum absolute atomic E-state index is 0.294. The van der Waals surface area contributed by atoms with E-state index in [-0.39, 0.29) is 0 Å². The van der Waals surface area contributed by atoms with Crippen LogP contribution < -0.4 is 25.0 Å². The predicted octanol–water partition coefficient (Wildman–Crippen LogP) is 4.26. The van der Waals surface area contributed by atoms with Gasteiger partial charge in [-0.25, -0.2) is 13.4 Å². The van der Waals surface area contributed by atoms with E-state index < -0.39 is 10.0 Å². The molecular weight excluding hydrogens is 616 g/mol. The zero-order valence-corrected chi connectivity index (χ0v) is 28.3. The van der Waals surface area contributed by atoms with Gasteiger partial charge in [-0.15, -0.1) is 0 Å². The number of sulfonamides is 1. The van der Waals surface area contributed by atoms with Crippen LogP contribution in [0.25, 0.3) is 11.0 Å². The number of anilines is 6. The summed E-state index contributed by atoms with van der Waals surface area (Å²) in [5, 5.41) is 6.62. The highest BCUT2D eigenvalue weighted by Crippen LogP contribution is 2.39. The lowest BCUT2D eigenvalue weighted by molar-refractivity contribution is 0.0929. The van der Waals surface area contributed by atoms with Crippen LogP contribution in [0.5, 0.6) is 5.75 Å². The summed E-state index contributed by atoms with van der Waals surface area (Å²) < 4.78 is 32.9. The molecule has 0 amide bonds. The summed E-state index contributed by atoms with van der Waals surface area (Å²) in [6.07, 6.45) is 9.57. The number of aromatic nitrogens is 4. The van der Waals surface area contributed by atoms with E-state index in [9.17, 15) is 8.42 Å². The predicted molar refractivity (Wildman–Crippen MR) is 186 cm³/mol. The van der Waals surface area contributed by atoms with Gasteiger partial charge in [0.05, 0.1) is 35.9 Å². The maximum absolute atomic E-state index is 12.2. The lowest BCUT2D eigenvalue weighted by Gasteiger charge is -2.43. The van der Waals surface area contributed by atoms with Crippen LogP contribution in [0.15, 0.2) is 42.9 Å². The van der Waals surface area contributed by atoms with E-state index in [2.05, 4.69) is 71.1 Å². The zero-order valence-electron chi connectivity index (χ0n) is 27.5. The number of nitrogens with zero attached hydrogens (tertiary/aromatic N) is 7. The molecule has 7 rings (SSSR count). The van der Waals surface area contributed by atoms with Gasteiger partial charge in [-0.2, -0.15) is 4.98 Å². The second kappa shape index (κ2) is 12.4. The molecule has 0 spiro atoms. The Bertz CT molecular complexity index is 1910. The van der Waals surface area contributed by atoms with E-state index in [1.807, 2.05) is 6.92 Å². The number of piperazine rings is 1. The number of benzene rings is 2. The molecule has 0 aliphatic carbocycles. The van der Waals surface area contributed by atoms with E-state index in [4.69, 9.17) is 9.72 Å². The summed E-state index contributed by atoms with van der Waals surface area (Å²) >= 11 is 0. The summed E-state index contributed by atoms with van der Waals surface area (Å²) in [7, 11) is 0.336. The van der Waals surface area contributed by atoms with E-state index >= 15 is 0 Å². The normalized spacial score (nSPS) is 20.6. The first-order valence-corrected chi connectivity index (χ1v) is 17.9. The van der Waals surface area contributed by atoms with Crippen LogP contribution in [-0.4, -0.2) is 103 Å². The average Bonchev–Trinajstić information content (AvgIpc) is 3.63. The largest absolute Gasteiger partial charge is 0.494 e. The van der Waals surface area contributed by atoms with E-state index in [1.165, 1.54) is 44.2 Å². The van der Waals surface area contributed by atoms with Gasteiger partial charge in [0.25, 0.3) is 0 Å². The Kier molecular flexibility index (Phi) is 8.26. The first-order valence-electron chi connectivity index (χ1n) is 16.0. The zero-order chi connectivity index (χ0) is 32.9. The smallest absolute Gasteiger partial charge is 0.229 e. The van der Waals surface area contributed by atoms with Crippen LogP contribution >= 0.6 is 0 Å². The van der Waals surface area contributed by atoms with Gasteiger partial charge in [0.1, 0.15) is 17.1 Å². The molecule has 3 N–H and O–H groups in total. The number of fused-ring (bicyclic) bond motifs is 3. The Morgan fingerprint density at radius 1 is 0.915 bits per heavy atom. The Hall–Kier alpha value is -4.27. The maximum Gasteiger partial charge on any atom is 0.229 e. The molecular formula is C33H42N10O3S. The molecule has 13 nitrogen and oxygen atoms in total. The SMILES string of the molecule is COc1cc(N2CCC(N3C[C@H]4C[C@@H]3CN4C)CC2)c(C)cc1Nc1ncc(C)c(Nc2ccc3nccnc3c2NS(C)(=O)=O)n1. The van der Waals surface area contributed by atoms with Gasteiger partial charge < -0.3 is 25.2 Å². The van der Waals surface area contributed by atoms with Gasteiger partial charge in [0.15, 0.2) is 0 Å². The third-order valence-corrected chi connectivity index (χ3v) is 10.3. The number of hydrogen-bond acceptors (Lipinski definition) is 12. The Labute approximate surface area is 275 Å². The third-order valence-electron chi connectivity index (χ3n) is 9.75. The number of rotatable bonds is 9. The number of ether oxygens (including phenoxy) is 1. The maximum atomic E-state index is 12.2. The molecule has 3 aliphatic rings. The molecule has 0 radical (unpaired) electrons. The number of hydrogen-bond donors (Lipinski definition) is 3. The molecule has 0 unspecified atom stereocenters. The second-order valence-corrected chi connectivity index (χ2v) is 14.7. The molecule has 2 atom stereocenters. The summed E-state index contributed by atoms with van der Waals surface area (Å²) in [4.78, 5) is 25.7. The number of aryl methyl sites for hydroxylation is 2. The van der Waals surface area contributed by atoms with Gasteiger partial charge in [-0.05, 0) is 63.9 Å². The van der Waals surface area contributed by atoms with Gasteiger partial charge in [-0.3, -0.25) is 19.6 Å². The number of piperidine rings is 1. The van der Waals surface area contributed by atoms with E-state index in [0.29, 0.717) is 46.0 Å². The fourth-order valence-corrected chi connectivity index (χ4v) is 7.95. The Morgan fingerprint density at radius 3 is 2.40 bits per heavy atom. The lowest BCUT2D eigenvalue weighted by Crippen LogP contribution is -2.52. The first kappa shape index (κ1) is 31.3. The molecule has 3 fully saturated rings. The monoisotopic (exact) mass is 658 g/mol. The van der Waals surface area contributed by atoms with Crippen molar-refractivity contribution in [3.63, 3.8) is 0 Å². The van der Waals surface area contributed by atoms with Crippen molar-refractivity contribution in [2.24, 2.45) is 0 Å². The van der Waals surface area contributed by atoms with Gasteiger partial charge >= 0.3 is 0 Å². The van der Waals surface area contributed by atoms with Crippen molar-refractivity contribution < 1.29 is 13.2 Å². The Morgan fingerprint density at radius 2 is 1.70 bits per heavy atom. The van der Waals surface area contributed by atoms with Crippen LogP contribution in [0.4, 0.5) is 34.5 Å². The second-order valence-electron chi connectivity index (χ2n) is 13.0. The summed E-state index contributed by atoms with van der Waals surface area (Å²) in [6.45, 7) is 8.48. The molecule has 3 saturated heterocycles. The molecule has 0 saturated carbocycles. The number of likely N-dealkylation sites (N-methyl/N-ethyl adjacent to an activating group) is 1. The molecule has 2 bridgehead atoms. The molecule has 2 aromatic heterocycles. The quantitative estimate of drug-likeness (QED) is 0.237. The third kappa shape index (κ3) is 6.36. The van der Waals surface area contributed by atoms with Crippen molar-refractivity contribution >= 4 is 55.6 Å². The highest BCUT2D eigenvalue weighted by molar-refractivity contribution is 7.92. The van der Waals surface area contributed by atoms with Crippen molar-refractivity contribution in [3.05, 3.63) is 54.0 Å². The number of likely N-dealkylation sites (tertiary alicyclic amines) is 2. The molecule has 14 heteroatoms. The van der Waals surface area contributed by atoms with E-state index in [0.717, 1.165) is 48.2 Å². The van der Waals surface area contributed by atoms with Gasteiger partial charge in [0.2, 0.25) is 16.0 Å². The number of methoxy groups -OCH3 is 1. The summed E-state index contributed by atoms with van der Waals surface area (Å²) in [6, 6.07) is 9.85. The van der Waals surface area contributed by atoms with Crippen molar-refractivity contribution in [2.45, 2.75) is 51.2 Å². The van der Waals surface area contributed by atoms with E-state index in [1.54, 1.807) is 31.6 Å². The van der Waals surface area contributed by atoms with Gasteiger partial charge in [0, 0.05) is 80.2 Å². The summed E-state index contributed by atoms with van der Waals surface area (Å²) in [5.74, 6) is 1.59. The standard InChI is InChI=1S/C33H42N10O3S/c1-20-14-27(29(46-4)16-28(20)42-12-8-22(9-13-42)43-19-23-15-24(43)18-41(23)3)38-33-36-17-21(2)32(39-33)37-26-7-6-25-30(35-11-10-34-25)31(26)40-47(5,44)45/h6-7,10-11,14,16-17,22-24,40H,8-9,12-13,15,18-19H2,1-5H3,(H2,36,37,38,39)/t23-,24-/m1/s1. The van der Waals surface area contributed by atoms with Gasteiger partial charge in [-0.1, -0.05) is 0 Å². The Balaban J connectivity index is 1.09. The van der Waals surface area contributed by atoms with Crippen molar-refractivity contribution in [2.75, 3.05) is 66.8 Å². The van der Waals surface area contributed by atoms with Crippen LogP contribution in [-0.2, 0) is 10.0 Å². The van der Waals surface area contributed by atoms with Crippen molar-refractivity contribution in [3.8, 4) is 5.75 Å². The topological polar surface area (TPSA) is 141 Å². The van der Waals surface area contributed by atoms with Crippen LogP contribution in [0.2, 0.25) is 0 Å². The minimum atomic E-state index is -3.60. The highest BCUT2D eigenvalue weighted by Gasteiger charge is 2.44.